The number of amidine groups is 1. The van der Waals surface area contributed by atoms with E-state index in [0.29, 0.717) is 5.56 Å². The van der Waals surface area contributed by atoms with Gasteiger partial charge in [0.05, 0.1) is 12.6 Å². The van der Waals surface area contributed by atoms with Crippen LogP contribution in [0.15, 0.2) is 47.5 Å². The molecule has 5 heteroatoms. The molecule has 0 aliphatic carbocycles. The van der Waals surface area contributed by atoms with Gasteiger partial charge in [0, 0.05) is 11.3 Å². The van der Waals surface area contributed by atoms with E-state index in [1.165, 1.54) is 16.7 Å². The van der Waals surface area contributed by atoms with E-state index in [1.807, 2.05) is 18.2 Å². The number of aryl methyl sites for hydroxylation is 1. The van der Waals surface area contributed by atoms with Crippen molar-refractivity contribution in [3.05, 3.63) is 70.3 Å². The average Bonchev–Trinajstić information content (AvgIpc) is 3.10. The van der Waals surface area contributed by atoms with Crippen molar-refractivity contribution in [2.24, 2.45) is 10.7 Å². The Kier molecular flexibility index (Phi) is 5.43. The number of nitrogens with one attached hydrogen (secondary N) is 1. The van der Waals surface area contributed by atoms with Gasteiger partial charge in [-0.3, -0.25) is 9.79 Å². The zero-order valence-electron chi connectivity index (χ0n) is 14.6. The number of carbonyl (C=O) groups is 1. The van der Waals surface area contributed by atoms with Gasteiger partial charge in [-0.15, -0.1) is 0 Å². The van der Waals surface area contributed by atoms with Gasteiger partial charge in [0.2, 0.25) is 5.91 Å². The van der Waals surface area contributed by atoms with Crippen LogP contribution in [0, 0.1) is 13.8 Å². The maximum Gasteiger partial charge on any atom is 0.248 e. The highest BCUT2D eigenvalue weighted by atomic mass is 32.2. The van der Waals surface area contributed by atoms with E-state index in [0.717, 1.165) is 29.4 Å². The predicted octanol–water partition coefficient (Wildman–Crippen LogP) is 3.38. The topological polar surface area (TPSA) is 67.5 Å². The van der Waals surface area contributed by atoms with Crippen LogP contribution in [0.4, 0.5) is 0 Å². The fraction of sp³-hybridized carbons (Fsp3) is 0.300. The fourth-order valence-corrected chi connectivity index (χ4v) is 3.83. The molecule has 0 radical (unpaired) electrons. The van der Waals surface area contributed by atoms with E-state index in [1.54, 1.807) is 17.8 Å². The Morgan fingerprint density at radius 2 is 2.08 bits per heavy atom. The number of hydrogen-bond donors (Lipinski definition) is 2. The standard InChI is InChI=1S/C20H23N3OS/c1-13-5-3-8-17(14(13)2)18(23-20-22-9-10-25-20)12-15-6-4-7-16(11-15)19(21)24/h3-8,11,18H,9-10,12H2,1-2H3,(H2,21,24)(H,22,23). The molecule has 130 valence electrons. The monoisotopic (exact) mass is 353 g/mol. The van der Waals surface area contributed by atoms with Gasteiger partial charge in [-0.05, 0) is 54.7 Å². The first-order valence-electron chi connectivity index (χ1n) is 8.43. The molecule has 25 heavy (non-hydrogen) atoms. The van der Waals surface area contributed by atoms with Crippen LogP contribution in [0.25, 0.3) is 0 Å². The molecular formula is C20H23N3OS. The van der Waals surface area contributed by atoms with Crippen molar-refractivity contribution in [1.82, 2.24) is 5.32 Å². The quantitative estimate of drug-likeness (QED) is 0.866. The summed E-state index contributed by atoms with van der Waals surface area (Å²) in [7, 11) is 0. The maximum atomic E-state index is 11.5. The minimum atomic E-state index is -0.395. The number of nitrogens with zero attached hydrogens (tertiary/aromatic N) is 1. The molecule has 4 nitrogen and oxygen atoms in total. The van der Waals surface area contributed by atoms with E-state index in [-0.39, 0.29) is 6.04 Å². The first-order chi connectivity index (χ1) is 12.0. The Labute approximate surface area is 152 Å². The van der Waals surface area contributed by atoms with E-state index >= 15 is 0 Å². The summed E-state index contributed by atoms with van der Waals surface area (Å²) in [5.74, 6) is 0.632. The molecular weight excluding hydrogens is 330 g/mol. The predicted molar refractivity (Wildman–Crippen MR) is 105 cm³/mol. The lowest BCUT2D eigenvalue weighted by Gasteiger charge is -2.23. The van der Waals surface area contributed by atoms with E-state index in [2.05, 4.69) is 42.4 Å². The molecule has 3 rings (SSSR count). The molecule has 1 aliphatic heterocycles. The molecule has 0 spiro atoms. The number of nitrogens with two attached hydrogens (primary N) is 1. The van der Waals surface area contributed by atoms with Crippen molar-refractivity contribution >= 4 is 22.8 Å². The van der Waals surface area contributed by atoms with Crippen molar-refractivity contribution < 1.29 is 4.79 Å². The Hall–Kier alpha value is -2.27. The third kappa shape index (κ3) is 4.23. The average molecular weight is 353 g/mol. The summed E-state index contributed by atoms with van der Waals surface area (Å²) in [6, 6.07) is 14.0. The van der Waals surface area contributed by atoms with Crippen LogP contribution in [0.2, 0.25) is 0 Å². The van der Waals surface area contributed by atoms with Crippen LogP contribution >= 0.6 is 11.8 Å². The number of aliphatic imine (C=N–C) groups is 1. The van der Waals surface area contributed by atoms with Crippen LogP contribution in [-0.4, -0.2) is 23.4 Å². The van der Waals surface area contributed by atoms with E-state index in [4.69, 9.17) is 5.73 Å². The van der Waals surface area contributed by atoms with Crippen molar-refractivity contribution in [2.45, 2.75) is 26.3 Å². The van der Waals surface area contributed by atoms with Crippen LogP contribution in [0.3, 0.4) is 0 Å². The Morgan fingerprint density at radius 3 is 2.80 bits per heavy atom. The number of primary amides is 1. The van der Waals surface area contributed by atoms with Crippen LogP contribution in [0.1, 0.15) is 38.7 Å². The second-order valence-electron chi connectivity index (χ2n) is 6.29. The lowest BCUT2D eigenvalue weighted by atomic mass is 9.92. The number of carbonyl (C=O) groups excluding carboxylic acids is 1. The second kappa shape index (κ2) is 7.74. The van der Waals surface area contributed by atoms with Gasteiger partial charge >= 0.3 is 0 Å². The lowest BCUT2D eigenvalue weighted by molar-refractivity contribution is 0.1000. The normalized spacial score (nSPS) is 14.9. The van der Waals surface area contributed by atoms with Gasteiger partial charge in [-0.2, -0.15) is 0 Å². The Balaban J connectivity index is 1.92. The second-order valence-corrected chi connectivity index (χ2v) is 7.37. The molecule has 0 fully saturated rings. The third-order valence-corrected chi connectivity index (χ3v) is 5.46. The van der Waals surface area contributed by atoms with Gasteiger partial charge in [-0.1, -0.05) is 42.1 Å². The first-order valence-corrected chi connectivity index (χ1v) is 9.42. The SMILES string of the molecule is Cc1cccc(C(Cc2cccc(C(N)=O)c2)NC2=NCCS2)c1C. The van der Waals surface area contributed by atoms with Gasteiger partial charge in [0.25, 0.3) is 0 Å². The molecule has 1 unspecified atom stereocenters. The zero-order valence-corrected chi connectivity index (χ0v) is 15.4. The van der Waals surface area contributed by atoms with Gasteiger partial charge in [0.1, 0.15) is 0 Å². The Morgan fingerprint density at radius 1 is 1.28 bits per heavy atom. The molecule has 0 saturated carbocycles. The highest BCUT2D eigenvalue weighted by molar-refractivity contribution is 8.14. The van der Waals surface area contributed by atoms with E-state index < -0.39 is 5.91 Å². The molecule has 1 heterocycles. The molecule has 0 aromatic heterocycles. The molecule has 0 saturated heterocycles. The highest BCUT2D eigenvalue weighted by Gasteiger charge is 2.19. The van der Waals surface area contributed by atoms with Crippen molar-refractivity contribution in [1.29, 1.82) is 0 Å². The summed E-state index contributed by atoms with van der Waals surface area (Å²) in [5, 5.41) is 4.59. The Bertz CT molecular complexity index is 816. The molecule has 0 bridgehead atoms. The van der Waals surface area contributed by atoms with Crippen LogP contribution < -0.4 is 11.1 Å². The van der Waals surface area contributed by atoms with E-state index in [9.17, 15) is 4.79 Å². The van der Waals surface area contributed by atoms with Gasteiger partial charge in [0.15, 0.2) is 5.17 Å². The lowest BCUT2D eigenvalue weighted by Crippen LogP contribution is -2.28. The minimum absolute atomic E-state index is 0.104. The summed E-state index contributed by atoms with van der Waals surface area (Å²) in [5.41, 5.74) is 10.9. The molecule has 2 aromatic rings. The van der Waals surface area contributed by atoms with Crippen molar-refractivity contribution in [3.8, 4) is 0 Å². The highest BCUT2D eigenvalue weighted by Crippen LogP contribution is 2.26. The van der Waals surface area contributed by atoms with Crippen LogP contribution in [-0.2, 0) is 6.42 Å². The number of rotatable bonds is 5. The molecule has 1 atom stereocenters. The van der Waals surface area contributed by atoms with Gasteiger partial charge < -0.3 is 11.1 Å². The minimum Gasteiger partial charge on any atom is -0.366 e. The fourth-order valence-electron chi connectivity index (χ4n) is 3.05. The number of thioether (sulfide) groups is 1. The molecule has 3 N–H and O–H groups in total. The van der Waals surface area contributed by atoms with Crippen molar-refractivity contribution in [2.75, 3.05) is 12.3 Å². The summed E-state index contributed by atoms with van der Waals surface area (Å²) < 4.78 is 0. The molecule has 1 aliphatic rings. The van der Waals surface area contributed by atoms with Crippen molar-refractivity contribution in [3.63, 3.8) is 0 Å². The van der Waals surface area contributed by atoms with Crippen LogP contribution in [0.5, 0.6) is 0 Å². The number of benzene rings is 2. The summed E-state index contributed by atoms with van der Waals surface area (Å²) >= 11 is 1.76. The summed E-state index contributed by atoms with van der Waals surface area (Å²) in [4.78, 5) is 16.0. The molecule has 1 amide bonds. The molecule has 2 aromatic carbocycles. The maximum absolute atomic E-state index is 11.5. The number of hydrogen-bond acceptors (Lipinski definition) is 4. The first kappa shape index (κ1) is 17.5. The smallest absolute Gasteiger partial charge is 0.248 e. The largest absolute Gasteiger partial charge is 0.366 e. The van der Waals surface area contributed by atoms with Gasteiger partial charge in [-0.25, -0.2) is 0 Å². The zero-order chi connectivity index (χ0) is 17.8. The summed E-state index contributed by atoms with van der Waals surface area (Å²) in [6.45, 7) is 5.15. The summed E-state index contributed by atoms with van der Waals surface area (Å²) in [6.07, 6.45) is 0.769. The number of amides is 1. The third-order valence-electron chi connectivity index (χ3n) is 4.56.